The number of primary amides is 1. The van der Waals surface area contributed by atoms with Crippen molar-refractivity contribution in [3.63, 3.8) is 0 Å². The Hall–Kier alpha value is -3.97. The van der Waals surface area contributed by atoms with Gasteiger partial charge in [0.05, 0.1) is 24.2 Å². The van der Waals surface area contributed by atoms with E-state index in [1.54, 1.807) is 11.9 Å². The van der Waals surface area contributed by atoms with E-state index in [1.165, 1.54) is 11.8 Å². The monoisotopic (exact) mass is 721 g/mol. The van der Waals surface area contributed by atoms with Crippen molar-refractivity contribution in [2.75, 3.05) is 33.2 Å². The maximum Gasteiger partial charge on any atom is 0.262 e. The zero-order valence-electron chi connectivity index (χ0n) is 30.4. The summed E-state index contributed by atoms with van der Waals surface area (Å²) in [6.07, 6.45) is -1.83. The Morgan fingerprint density at radius 2 is 1.29 bits per heavy atom. The summed E-state index contributed by atoms with van der Waals surface area (Å²) < 4.78 is 0. The van der Waals surface area contributed by atoms with Crippen molar-refractivity contribution in [3.8, 4) is 0 Å². The van der Waals surface area contributed by atoms with Gasteiger partial charge in [-0.2, -0.15) is 0 Å². The van der Waals surface area contributed by atoms with Gasteiger partial charge in [-0.25, -0.2) is 0 Å². The summed E-state index contributed by atoms with van der Waals surface area (Å²) in [6.45, 7) is 9.13. The Bertz CT molecular complexity index is 1250. The maximum absolute atomic E-state index is 14.6. The minimum atomic E-state index is -1.50. The van der Waals surface area contributed by atoms with E-state index in [0.717, 1.165) is 16.1 Å². The van der Waals surface area contributed by atoms with E-state index in [0.29, 0.717) is 44.5 Å². The van der Waals surface area contributed by atoms with Gasteiger partial charge in [0.15, 0.2) is 18.6 Å². The molecular formula is C33H55N9O9. The molecule has 2 saturated heterocycles. The summed E-state index contributed by atoms with van der Waals surface area (Å²) in [5, 5.41) is 11.7. The zero-order chi connectivity index (χ0) is 38.4. The number of nitrogens with zero attached hydrogens (tertiary/aromatic N) is 4. The molecule has 0 radical (unpaired) electrons. The fraction of sp³-hybridized carbons (Fsp3) is 0.727. The molecule has 0 aromatic carbocycles. The summed E-state index contributed by atoms with van der Waals surface area (Å²) in [5.74, 6) is -2.54. The second-order valence-electron chi connectivity index (χ2n) is 13.9. The molecule has 2 aliphatic heterocycles. The fourth-order valence-corrected chi connectivity index (χ4v) is 6.12. The van der Waals surface area contributed by atoms with Gasteiger partial charge in [-0.3, -0.25) is 50.1 Å². The summed E-state index contributed by atoms with van der Waals surface area (Å²) in [6, 6.07) is -3.45. The van der Waals surface area contributed by atoms with E-state index in [2.05, 4.69) is 21.3 Å². The molecule has 0 bridgehead atoms. The Morgan fingerprint density at radius 3 is 1.82 bits per heavy atom. The molecule has 2 rings (SSSR count). The number of rotatable bonds is 23. The van der Waals surface area contributed by atoms with Gasteiger partial charge in [0.1, 0.15) is 37.5 Å². The van der Waals surface area contributed by atoms with Gasteiger partial charge in [0.2, 0.25) is 5.91 Å². The third kappa shape index (κ3) is 12.3. The topological polar surface area (TPSA) is 241 Å². The molecule has 2 heterocycles. The molecule has 286 valence electrons. The number of piperazine rings is 2. The van der Waals surface area contributed by atoms with Crippen LogP contribution in [-0.4, -0.2) is 157 Å². The van der Waals surface area contributed by atoms with Crippen LogP contribution in [0.1, 0.15) is 60.3 Å². The van der Waals surface area contributed by atoms with E-state index in [-0.39, 0.29) is 44.3 Å². The first kappa shape index (κ1) is 43.2. The van der Waals surface area contributed by atoms with Crippen molar-refractivity contribution in [1.82, 2.24) is 40.9 Å². The highest BCUT2D eigenvalue weighted by Crippen LogP contribution is 2.20. The quantitative estimate of drug-likeness (QED) is 0.0659. The second kappa shape index (κ2) is 20.8. The average molecular weight is 722 g/mol. The number of likely N-dealkylation sites (N-methyl/N-ethyl adjacent to an activating group) is 1. The van der Waals surface area contributed by atoms with Crippen molar-refractivity contribution in [2.24, 2.45) is 17.6 Å². The SMILES string of the molecule is CC(C)C[C@@H](C=O)N[C@H]1C(=O)N([C@@H](N[C@H](C=O)CC(C)C)C(=O)N2CCN([C@H](C=O)N[C@H](C=O)CCC(N)=O)C(=O)[C@@H]2N[C@@H](C)C=O)CCN1C. The number of carbonyl (C=O) groups is 9. The van der Waals surface area contributed by atoms with E-state index in [9.17, 15) is 43.2 Å². The lowest BCUT2D eigenvalue weighted by Gasteiger charge is -2.47. The van der Waals surface area contributed by atoms with Crippen molar-refractivity contribution in [2.45, 2.75) is 109 Å². The highest BCUT2D eigenvalue weighted by atomic mass is 16.2. The molecular weight excluding hydrogens is 666 g/mol. The Balaban J connectivity index is 2.52. The summed E-state index contributed by atoms with van der Waals surface area (Å²) >= 11 is 0. The Labute approximate surface area is 298 Å². The van der Waals surface area contributed by atoms with Crippen molar-refractivity contribution in [3.05, 3.63) is 0 Å². The first-order chi connectivity index (χ1) is 24.1. The molecule has 2 fully saturated rings. The molecule has 0 aliphatic carbocycles. The molecule has 0 spiro atoms. The van der Waals surface area contributed by atoms with Gasteiger partial charge in [-0.05, 0) is 45.1 Å². The van der Waals surface area contributed by atoms with Crippen LogP contribution in [0.3, 0.4) is 0 Å². The lowest BCUT2D eigenvalue weighted by molar-refractivity contribution is -0.165. The maximum atomic E-state index is 14.6. The molecule has 0 aromatic heterocycles. The van der Waals surface area contributed by atoms with Crippen LogP contribution in [-0.2, 0) is 43.2 Å². The number of nitrogens with one attached hydrogen (secondary N) is 4. The minimum absolute atomic E-state index is 0.0265. The molecule has 6 N–H and O–H groups in total. The number of amides is 4. The van der Waals surface area contributed by atoms with Crippen molar-refractivity contribution in [1.29, 1.82) is 0 Å². The fourth-order valence-electron chi connectivity index (χ4n) is 6.12. The summed E-state index contributed by atoms with van der Waals surface area (Å²) in [7, 11) is 1.71. The Kier molecular flexibility index (Phi) is 17.6. The van der Waals surface area contributed by atoms with Crippen molar-refractivity contribution >= 4 is 55.1 Å². The highest BCUT2D eigenvalue weighted by Gasteiger charge is 2.47. The van der Waals surface area contributed by atoms with Crippen LogP contribution in [0.2, 0.25) is 0 Å². The number of carbonyl (C=O) groups excluding carboxylic acids is 9. The molecule has 18 heteroatoms. The third-order valence-electron chi connectivity index (χ3n) is 8.75. The first-order valence-electron chi connectivity index (χ1n) is 17.3. The molecule has 8 atom stereocenters. The third-order valence-corrected chi connectivity index (χ3v) is 8.75. The van der Waals surface area contributed by atoms with Crippen molar-refractivity contribution < 1.29 is 43.2 Å². The zero-order valence-corrected chi connectivity index (χ0v) is 30.4. The minimum Gasteiger partial charge on any atom is -0.370 e. The molecule has 18 nitrogen and oxygen atoms in total. The molecule has 0 saturated carbocycles. The van der Waals surface area contributed by atoms with Gasteiger partial charge in [-0.1, -0.05) is 27.7 Å². The van der Waals surface area contributed by atoms with E-state index >= 15 is 0 Å². The Morgan fingerprint density at radius 1 is 0.725 bits per heavy atom. The van der Waals surface area contributed by atoms with Gasteiger partial charge in [-0.15, -0.1) is 0 Å². The molecule has 0 unspecified atom stereocenters. The lowest BCUT2D eigenvalue weighted by Crippen LogP contribution is -2.74. The van der Waals surface area contributed by atoms with E-state index in [1.807, 2.05) is 27.7 Å². The van der Waals surface area contributed by atoms with Crippen LogP contribution in [0, 0.1) is 11.8 Å². The van der Waals surface area contributed by atoms with Crippen LogP contribution in [0.25, 0.3) is 0 Å². The summed E-state index contributed by atoms with van der Waals surface area (Å²) in [5.41, 5.74) is 5.19. The van der Waals surface area contributed by atoms with Crippen LogP contribution in [0.5, 0.6) is 0 Å². The van der Waals surface area contributed by atoms with Gasteiger partial charge < -0.3 is 39.6 Å². The molecule has 2 aliphatic rings. The predicted molar refractivity (Wildman–Crippen MR) is 184 cm³/mol. The van der Waals surface area contributed by atoms with Crippen LogP contribution in [0.4, 0.5) is 0 Å². The molecule has 51 heavy (non-hydrogen) atoms. The van der Waals surface area contributed by atoms with Crippen LogP contribution < -0.4 is 27.0 Å². The first-order valence-corrected chi connectivity index (χ1v) is 17.3. The normalized spacial score (nSPS) is 22.2. The second-order valence-corrected chi connectivity index (χ2v) is 13.9. The lowest BCUT2D eigenvalue weighted by atomic mass is 10.0. The van der Waals surface area contributed by atoms with Gasteiger partial charge in [0, 0.05) is 32.6 Å². The average Bonchev–Trinajstić information content (AvgIpc) is 3.08. The van der Waals surface area contributed by atoms with Gasteiger partial charge in [0.25, 0.3) is 17.7 Å². The van der Waals surface area contributed by atoms with E-state index in [4.69, 9.17) is 5.73 Å². The molecule has 4 amide bonds. The summed E-state index contributed by atoms with van der Waals surface area (Å²) in [4.78, 5) is 119. The highest BCUT2D eigenvalue weighted by molar-refractivity contribution is 5.95. The van der Waals surface area contributed by atoms with Crippen LogP contribution in [0.15, 0.2) is 0 Å². The standard InChI is InChI=1S/C33H55N9O9/c1-20(2)13-24(17-45)37-28-31(49)41(10-9-39(28)6)30(38-25(18-46)14-21(3)4)33(51)42-12-11-40(32(50)29(42)35-22(5)15-43)27(19-47)36-23(16-44)7-8-26(34)48/h15-25,27-30,35-38H,7-14H2,1-6H3,(H2,34,48)/t22-,23-,24-,25-,27+,28+,29+,30+/m0/s1. The van der Waals surface area contributed by atoms with Gasteiger partial charge >= 0.3 is 0 Å². The smallest absolute Gasteiger partial charge is 0.262 e. The predicted octanol–water partition coefficient (Wildman–Crippen LogP) is -3.06. The van der Waals surface area contributed by atoms with E-state index < -0.39 is 72.5 Å². The number of hydrogen-bond donors (Lipinski definition) is 5. The largest absolute Gasteiger partial charge is 0.370 e. The molecule has 0 aromatic rings. The number of nitrogens with two attached hydrogens (primary N) is 1. The number of aldehydes is 5. The van der Waals surface area contributed by atoms with Crippen LogP contribution >= 0.6 is 0 Å². The number of hydrogen-bond acceptors (Lipinski definition) is 14.